The topological polar surface area (TPSA) is 30.5 Å². The van der Waals surface area contributed by atoms with Crippen molar-refractivity contribution in [2.75, 3.05) is 25.1 Å². The number of hydrogen-bond acceptors (Lipinski definition) is 3. The molecule has 4 heteroatoms. The Balaban J connectivity index is 1.83. The van der Waals surface area contributed by atoms with Gasteiger partial charge < -0.3 is 14.8 Å². The van der Waals surface area contributed by atoms with Gasteiger partial charge in [0.05, 0.1) is 6.61 Å². The Morgan fingerprint density at radius 3 is 2.43 bits per heavy atom. The van der Waals surface area contributed by atoms with Gasteiger partial charge in [0, 0.05) is 16.7 Å². The zero-order chi connectivity index (χ0) is 15.1. The van der Waals surface area contributed by atoms with Crippen LogP contribution in [0.5, 0.6) is 11.5 Å². The summed E-state index contributed by atoms with van der Waals surface area (Å²) in [5, 5.41) is 3.34. The molecule has 0 heterocycles. The number of ether oxygens (including phenoxy) is 2. The molecule has 0 aromatic heterocycles. The van der Waals surface area contributed by atoms with E-state index in [-0.39, 0.29) is 0 Å². The first-order valence-electron chi connectivity index (χ1n) is 7.05. The summed E-state index contributed by atoms with van der Waals surface area (Å²) in [6, 6.07) is 14.0. The van der Waals surface area contributed by atoms with Crippen molar-refractivity contribution in [2.24, 2.45) is 0 Å². The summed E-state index contributed by atoms with van der Waals surface area (Å²) in [6.07, 6.45) is 0. The molecule has 0 aliphatic heterocycles. The quantitative estimate of drug-likeness (QED) is 0.738. The molecule has 0 unspecified atom stereocenters. The fourth-order valence-corrected chi connectivity index (χ4v) is 2.28. The number of nitrogens with one attached hydrogen (secondary N) is 1. The Hall–Kier alpha value is -1.68. The second-order valence-electron chi connectivity index (χ2n) is 4.62. The van der Waals surface area contributed by atoms with E-state index in [1.807, 2.05) is 31.2 Å². The molecule has 2 aromatic carbocycles. The highest BCUT2D eigenvalue weighted by Gasteiger charge is 2.03. The Morgan fingerprint density at radius 1 is 1.05 bits per heavy atom. The number of halogens is 1. The van der Waals surface area contributed by atoms with E-state index >= 15 is 0 Å². The molecule has 0 saturated carbocycles. The fraction of sp³-hybridized carbons (Fsp3) is 0.294. The van der Waals surface area contributed by atoms with Gasteiger partial charge in [0.15, 0.2) is 11.5 Å². The lowest BCUT2D eigenvalue weighted by molar-refractivity contribution is 0.284. The third kappa shape index (κ3) is 4.67. The SMILES string of the molecule is CCOc1ccccc1OCCNc1ccc(C)c(Br)c1. The van der Waals surface area contributed by atoms with Crippen LogP contribution in [0.1, 0.15) is 12.5 Å². The van der Waals surface area contributed by atoms with Crippen LogP contribution in [0.2, 0.25) is 0 Å². The number of anilines is 1. The summed E-state index contributed by atoms with van der Waals surface area (Å²) in [7, 11) is 0. The first kappa shape index (κ1) is 15.7. The van der Waals surface area contributed by atoms with Crippen molar-refractivity contribution in [1.29, 1.82) is 0 Å². The molecule has 112 valence electrons. The minimum atomic E-state index is 0.579. The lowest BCUT2D eigenvalue weighted by Crippen LogP contribution is -2.12. The second kappa shape index (κ2) is 7.93. The molecule has 0 spiro atoms. The van der Waals surface area contributed by atoms with Gasteiger partial charge >= 0.3 is 0 Å². The van der Waals surface area contributed by atoms with Gasteiger partial charge in [-0.1, -0.05) is 34.1 Å². The lowest BCUT2D eigenvalue weighted by Gasteiger charge is -2.12. The molecule has 2 aromatic rings. The van der Waals surface area contributed by atoms with Crippen LogP contribution < -0.4 is 14.8 Å². The molecule has 0 radical (unpaired) electrons. The van der Waals surface area contributed by atoms with Crippen LogP contribution in [0.25, 0.3) is 0 Å². The highest BCUT2D eigenvalue weighted by Crippen LogP contribution is 2.26. The average Bonchev–Trinajstić information content (AvgIpc) is 2.49. The predicted molar refractivity (Wildman–Crippen MR) is 90.5 cm³/mol. The van der Waals surface area contributed by atoms with Gasteiger partial charge in [-0.2, -0.15) is 0 Å². The molecule has 0 aliphatic carbocycles. The predicted octanol–water partition coefficient (Wildman–Crippen LogP) is 4.65. The first-order chi connectivity index (χ1) is 10.2. The van der Waals surface area contributed by atoms with Gasteiger partial charge in [0.1, 0.15) is 6.61 Å². The molecule has 3 nitrogen and oxygen atoms in total. The maximum Gasteiger partial charge on any atom is 0.161 e. The highest BCUT2D eigenvalue weighted by molar-refractivity contribution is 9.10. The van der Waals surface area contributed by atoms with Crippen molar-refractivity contribution in [3.63, 3.8) is 0 Å². The molecular formula is C17H20BrNO2. The lowest BCUT2D eigenvalue weighted by atomic mass is 10.2. The summed E-state index contributed by atoms with van der Waals surface area (Å²) >= 11 is 3.53. The maximum absolute atomic E-state index is 5.77. The largest absolute Gasteiger partial charge is 0.490 e. The third-order valence-corrected chi connectivity index (χ3v) is 3.86. The molecule has 0 saturated heterocycles. The minimum absolute atomic E-state index is 0.579. The van der Waals surface area contributed by atoms with Crippen molar-refractivity contribution in [3.8, 4) is 11.5 Å². The van der Waals surface area contributed by atoms with Crippen LogP contribution in [0.15, 0.2) is 46.9 Å². The number of aryl methyl sites for hydroxylation is 1. The number of para-hydroxylation sites is 2. The highest BCUT2D eigenvalue weighted by atomic mass is 79.9. The minimum Gasteiger partial charge on any atom is -0.490 e. The molecule has 0 bridgehead atoms. The summed E-state index contributed by atoms with van der Waals surface area (Å²) in [5.74, 6) is 1.57. The smallest absolute Gasteiger partial charge is 0.161 e. The number of rotatable bonds is 7. The third-order valence-electron chi connectivity index (χ3n) is 3.01. The molecule has 21 heavy (non-hydrogen) atoms. The van der Waals surface area contributed by atoms with Crippen LogP contribution in [-0.4, -0.2) is 19.8 Å². The van der Waals surface area contributed by atoms with Crippen LogP contribution in [0.3, 0.4) is 0 Å². The van der Waals surface area contributed by atoms with Crippen LogP contribution in [-0.2, 0) is 0 Å². The molecule has 0 amide bonds. The summed E-state index contributed by atoms with van der Waals surface area (Å²) < 4.78 is 12.4. The molecule has 0 atom stereocenters. The van der Waals surface area contributed by atoms with Gasteiger partial charge in [-0.15, -0.1) is 0 Å². The molecule has 2 rings (SSSR count). The second-order valence-corrected chi connectivity index (χ2v) is 5.47. The van der Waals surface area contributed by atoms with E-state index in [9.17, 15) is 0 Å². The van der Waals surface area contributed by atoms with Crippen LogP contribution in [0.4, 0.5) is 5.69 Å². The van der Waals surface area contributed by atoms with Gasteiger partial charge in [0.2, 0.25) is 0 Å². The van der Waals surface area contributed by atoms with E-state index < -0.39 is 0 Å². The molecule has 0 fully saturated rings. The van der Waals surface area contributed by atoms with Gasteiger partial charge in [-0.25, -0.2) is 0 Å². The Kier molecular flexibility index (Phi) is 5.93. The van der Waals surface area contributed by atoms with E-state index in [4.69, 9.17) is 9.47 Å². The molecular weight excluding hydrogens is 330 g/mol. The number of hydrogen-bond donors (Lipinski definition) is 1. The van der Waals surface area contributed by atoms with Crippen molar-refractivity contribution >= 4 is 21.6 Å². The van der Waals surface area contributed by atoms with E-state index in [0.29, 0.717) is 13.2 Å². The van der Waals surface area contributed by atoms with Gasteiger partial charge in [0.25, 0.3) is 0 Å². The standard InChI is InChI=1S/C17H20BrNO2/c1-3-20-16-6-4-5-7-17(16)21-11-10-19-14-9-8-13(2)15(18)12-14/h4-9,12,19H,3,10-11H2,1-2H3. The fourth-order valence-electron chi connectivity index (χ4n) is 1.90. The Morgan fingerprint density at radius 2 is 1.76 bits per heavy atom. The van der Waals surface area contributed by atoms with Crippen LogP contribution >= 0.6 is 15.9 Å². The van der Waals surface area contributed by atoms with Crippen molar-refractivity contribution in [1.82, 2.24) is 0 Å². The van der Waals surface area contributed by atoms with E-state index in [1.54, 1.807) is 0 Å². The zero-order valence-electron chi connectivity index (χ0n) is 12.4. The van der Waals surface area contributed by atoms with Crippen molar-refractivity contribution < 1.29 is 9.47 Å². The van der Waals surface area contributed by atoms with Crippen molar-refractivity contribution in [2.45, 2.75) is 13.8 Å². The van der Waals surface area contributed by atoms with E-state index in [0.717, 1.165) is 28.2 Å². The van der Waals surface area contributed by atoms with Crippen LogP contribution in [0, 0.1) is 6.92 Å². The summed E-state index contributed by atoms with van der Waals surface area (Å²) in [5.41, 5.74) is 2.30. The Bertz CT molecular complexity index is 587. The first-order valence-corrected chi connectivity index (χ1v) is 7.84. The van der Waals surface area contributed by atoms with E-state index in [2.05, 4.69) is 46.4 Å². The molecule has 0 aliphatic rings. The summed E-state index contributed by atoms with van der Waals surface area (Å²) in [4.78, 5) is 0. The Labute approximate surface area is 134 Å². The van der Waals surface area contributed by atoms with E-state index in [1.165, 1.54) is 5.56 Å². The maximum atomic E-state index is 5.77. The zero-order valence-corrected chi connectivity index (χ0v) is 13.9. The monoisotopic (exact) mass is 349 g/mol. The average molecular weight is 350 g/mol. The van der Waals surface area contributed by atoms with Gasteiger partial charge in [-0.3, -0.25) is 0 Å². The van der Waals surface area contributed by atoms with Gasteiger partial charge in [-0.05, 0) is 43.7 Å². The molecule has 1 N–H and O–H groups in total. The normalized spacial score (nSPS) is 10.2. The summed E-state index contributed by atoms with van der Waals surface area (Å²) in [6.45, 7) is 5.98. The number of benzene rings is 2. The van der Waals surface area contributed by atoms with Crippen molar-refractivity contribution in [3.05, 3.63) is 52.5 Å².